The number of carbonyl (C=O) groups is 2. The predicted octanol–water partition coefficient (Wildman–Crippen LogP) is 1.78. The van der Waals surface area contributed by atoms with E-state index in [1.165, 1.54) is 0 Å². The lowest BCUT2D eigenvalue weighted by Gasteiger charge is -2.20. The fourth-order valence-corrected chi connectivity index (χ4v) is 3.03. The monoisotopic (exact) mass is 380 g/mol. The molecular weight excluding hydrogens is 364 g/mol. The lowest BCUT2D eigenvalue weighted by Crippen LogP contribution is -2.40. The van der Waals surface area contributed by atoms with E-state index in [0.29, 0.717) is 12.3 Å². The highest BCUT2D eigenvalue weighted by atomic mass is 79.9. The van der Waals surface area contributed by atoms with Gasteiger partial charge >= 0.3 is 5.97 Å². The van der Waals surface area contributed by atoms with E-state index >= 15 is 0 Å². The summed E-state index contributed by atoms with van der Waals surface area (Å²) in [5, 5.41) is 4.14. The molecule has 1 N–H and O–H groups in total. The van der Waals surface area contributed by atoms with E-state index in [-0.39, 0.29) is 12.4 Å². The van der Waals surface area contributed by atoms with Gasteiger partial charge in [0.15, 0.2) is 11.6 Å². The summed E-state index contributed by atoms with van der Waals surface area (Å²) in [6, 6.07) is 6.77. The number of hydrazone groups is 1. The molecule has 1 aromatic carbocycles. The van der Waals surface area contributed by atoms with Crippen molar-refractivity contribution in [1.82, 2.24) is 5.43 Å². The van der Waals surface area contributed by atoms with Crippen LogP contribution in [0.3, 0.4) is 0 Å². The van der Waals surface area contributed by atoms with Gasteiger partial charge in [0.05, 0.1) is 19.1 Å². The van der Waals surface area contributed by atoms with E-state index < -0.39 is 23.5 Å². The van der Waals surface area contributed by atoms with Gasteiger partial charge in [-0.3, -0.25) is 10.2 Å². The number of ether oxygens (including phenoxy) is 2. The van der Waals surface area contributed by atoms with Crippen molar-refractivity contribution >= 4 is 33.4 Å². The number of hydrogen-bond donors (Lipinski definition) is 1. The minimum absolute atomic E-state index is 0.193. The van der Waals surface area contributed by atoms with Crippen molar-refractivity contribution in [3.63, 3.8) is 0 Å². The molecule has 0 aliphatic carbocycles. The van der Waals surface area contributed by atoms with Crippen molar-refractivity contribution in [2.75, 3.05) is 13.2 Å². The quantitative estimate of drug-likeness (QED) is 0.621. The molecular formula is C16H17BrN2O4. The SMILES string of the molecule is CCOC(=O)[C@@H]1NN=C(C(=O)C2(C)CO2)[C@H]1c1cccc(Br)c1. The number of nitrogens with one attached hydrogen (secondary N) is 1. The standard InChI is InChI=1S/C16H17BrN2O4/c1-3-22-15(21)13-11(9-5-4-6-10(17)7-9)12(18-19-13)14(20)16(2)8-23-16/h4-7,11,13,19H,3,8H2,1-2H3/t11-,13-,16?/m1/s1. The Hall–Kier alpha value is -1.73. The second kappa shape index (κ2) is 6.05. The van der Waals surface area contributed by atoms with Crippen molar-refractivity contribution in [3.8, 4) is 0 Å². The third-order valence-corrected chi connectivity index (χ3v) is 4.48. The maximum absolute atomic E-state index is 12.7. The normalized spacial score (nSPS) is 28.7. The number of esters is 1. The first-order chi connectivity index (χ1) is 11.0. The van der Waals surface area contributed by atoms with Crippen molar-refractivity contribution in [2.45, 2.75) is 31.4 Å². The molecule has 1 unspecified atom stereocenters. The van der Waals surface area contributed by atoms with Gasteiger partial charge < -0.3 is 9.47 Å². The zero-order chi connectivity index (χ0) is 16.6. The van der Waals surface area contributed by atoms with Crippen molar-refractivity contribution in [2.24, 2.45) is 5.10 Å². The molecule has 1 aromatic rings. The Morgan fingerprint density at radius 3 is 2.87 bits per heavy atom. The third kappa shape index (κ3) is 3.03. The van der Waals surface area contributed by atoms with E-state index in [1.54, 1.807) is 13.8 Å². The second-order valence-corrected chi connectivity index (χ2v) is 6.65. The first kappa shape index (κ1) is 16.1. The van der Waals surface area contributed by atoms with Crippen LogP contribution in [-0.4, -0.2) is 42.3 Å². The number of nitrogens with zero attached hydrogens (tertiary/aromatic N) is 1. The number of ketones is 1. The van der Waals surface area contributed by atoms with Crippen LogP contribution in [0.25, 0.3) is 0 Å². The Morgan fingerprint density at radius 2 is 2.26 bits per heavy atom. The molecule has 3 atom stereocenters. The van der Waals surface area contributed by atoms with Gasteiger partial charge in [-0.1, -0.05) is 28.1 Å². The molecule has 7 heteroatoms. The Labute approximate surface area is 142 Å². The lowest BCUT2D eigenvalue weighted by atomic mass is 9.84. The Kier molecular flexibility index (Phi) is 4.25. The van der Waals surface area contributed by atoms with Gasteiger partial charge in [0.1, 0.15) is 5.71 Å². The number of rotatable bonds is 5. The molecule has 0 spiro atoms. The van der Waals surface area contributed by atoms with Crippen LogP contribution < -0.4 is 5.43 Å². The van der Waals surface area contributed by atoms with Crippen LogP contribution in [0.5, 0.6) is 0 Å². The fourth-order valence-electron chi connectivity index (χ4n) is 2.61. The minimum atomic E-state index is -0.825. The molecule has 23 heavy (non-hydrogen) atoms. The van der Waals surface area contributed by atoms with E-state index in [4.69, 9.17) is 9.47 Å². The molecule has 6 nitrogen and oxygen atoms in total. The molecule has 122 valence electrons. The molecule has 2 aliphatic rings. The summed E-state index contributed by atoms with van der Waals surface area (Å²) in [6.07, 6.45) is 0. The third-order valence-electron chi connectivity index (χ3n) is 3.99. The van der Waals surface area contributed by atoms with Crippen molar-refractivity contribution < 1.29 is 19.1 Å². The van der Waals surface area contributed by atoms with Gasteiger partial charge in [-0.2, -0.15) is 5.10 Å². The summed E-state index contributed by atoms with van der Waals surface area (Å²) >= 11 is 3.42. The maximum Gasteiger partial charge on any atom is 0.331 e. The van der Waals surface area contributed by atoms with Crippen LogP contribution in [0, 0.1) is 0 Å². The molecule has 3 rings (SSSR count). The van der Waals surface area contributed by atoms with Crippen LogP contribution in [0.1, 0.15) is 25.3 Å². The number of benzene rings is 1. The van der Waals surface area contributed by atoms with Gasteiger partial charge in [-0.05, 0) is 31.5 Å². The highest BCUT2D eigenvalue weighted by molar-refractivity contribution is 9.10. The largest absolute Gasteiger partial charge is 0.464 e. The minimum Gasteiger partial charge on any atom is -0.464 e. The summed E-state index contributed by atoms with van der Waals surface area (Å²) in [4.78, 5) is 24.9. The first-order valence-electron chi connectivity index (χ1n) is 7.40. The average Bonchev–Trinajstić information content (AvgIpc) is 3.12. The highest BCUT2D eigenvalue weighted by Crippen LogP contribution is 2.35. The molecule has 2 heterocycles. The van der Waals surface area contributed by atoms with E-state index in [0.717, 1.165) is 10.0 Å². The number of Topliss-reactive ketones (excluding diaryl/α,β-unsaturated/α-hetero) is 1. The summed E-state index contributed by atoms with van der Waals surface area (Å²) < 4.78 is 11.2. The molecule has 0 amide bonds. The molecule has 0 saturated carbocycles. The van der Waals surface area contributed by atoms with Gasteiger partial charge in [-0.15, -0.1) is 0 Å². The van der Waals surface area contributed by atoms with Gasteiger partial charge in [-0.25, -0.2) is 4.79 Å². The van der Waals surface area contributed by atoms with Crippen LogP contribution >= 0.6 is 15.9 Å². The molecule has 0 bridgehead atoms. The number of halogens is 1. The number of carbonyl (C=O) groups excluding carboxylic acids is 2. The van der Waals surface area contributed by atoms with Crippen LogP contribution in [0.4, 0.5) is 0 Å². The summed E-state index contributed by atoms with van der Waals surface area (Å²) in [5.41, 5.74) is 3.06. The summed E-state index contributed by atoms with van der Waals surface area (Å²) in [5.74, 6) is -1.12. The van der Waals surface area contributed by atoms with Crippen LogP contribution in [0.2, 0.25) is 0 Å². The number of epoxide rings is 1. The first-order valence-corrected chi connectivity index (χ1v) is 8.19. The molecule has 0 radical (unpaired) electrons. The second-order valence-electron chi connectivity index (χ2n) is 5.74. The zero-order valence-corrected chi connectivity index (χ0v) is 14.4. The van der Waals surface area contributed by atoms with Crippen LogP contribution in [-0.2, 0) is 19.1 Å². The predicted molar refractivity (Wildman–Crippen MR) is 87.2 cm³/mol. The van der Waals surface area contributed by atoms with E-state index in [1.807, 2.05) is 24.3 Å². The Morgan fingerprint density at radius 1 is 1.52 bits per heavy atom. The average molecular weight is 381 g/mol. The maximum atomic E-state index is 12.7. The number of hydrogen-bond acceptors (Lipinski definition) is 6. The van der Waals surface area contributed by atoms with E-state index in [2.05, 4.69) is 26.5 Å². The van der Waals surface area contributed by atoms with E-state index in [9.17, 15) is 9.59 Å². The lowest BCUT2D eigenvalue weighted by molar-refractivity contribution is -0.145. The molecule has 0 aromatic heterocycles. The highest BCUT2D eigenvalue weighted by Gasteiger charge is 2.53. The topological polar surface area (TPSA) is 80.3 Å². The van der Waals surface area contributed by atoms with Crippen molar-refractivity contribution in [1.29, 1.82) is 0 Å². The Bertz CT molecular complexity index is 684. The van der Waals surface area contributed by atoms with Crippen LogP contribution in [0.15, 0.2) is 33.8 Å². The summed E-state index contributed by atoms with van der Waals surface area (Å²) in [7, 11) is 0. The zero-order valence-electron chi connectivity index (χ0n) is 12.8. The van der Waals surface area contributed by atoms with Gasteiger partial charge in [0.2, 0.25) is 5.78 Å². The van der Waals surface area contributed by atoms with Crippen molar-refractivity contribution in [3.05, 3.63) is 34.3 Å². The Balaban J connectivity index is 1.96. The molecule has 2 aliphatic heterocycles. The molecule has 1 fully saturated rings. The smallest absolute Gasteiger partial charge is 0.331 e. The molecule has 1 saturated heterocycles. The van der Waals surface area contributed by atoms with Gasteiger partial charge in [0, 0.05) is 4.47 Å². The fraction of sp³-hybridized carbons (Fsp3) is 0.438. The van der Waals surface area contributed by atoms with Gasteiger partial charge in [0.25, 0.3) is 0 Å². The summed E-state index contributed by atoms with van der Waals surface area (Å²) in [6.45, 7) is 4.12.